The van der Waals surface area contributed by atoms with Crippen molar-refractivity contribution in [3.63, 3.8) is 0 Å². The van der Waals surface area contributed by atoms with Gasteiger partial charge >= 0.3 is 108 Å². The number of nitrogens with zero attached hydrogens (tertiary/aromatic N) is 2. The zero-order valence-electron chi connectivity index (χ0n) is 8.63. The van der Waals surface area contributed by atoms with E-state index >= 15 is 0 Å². The van der Waals surface area contributed by atoms with Gasteiger partial charge in [-0.05, 0) is 0 Å². The van der Waals surface area contributed by atoms with Gasteiger partial charge in [0.05, 0.1) is 0 Å². The molecule has 0 radical (unpaired) electrons. The Labute approximate surface area is 108 Å². The van der Waals surface area contributed by atoms with Crippen LogP contribution in [0.25, 0.3) is 15.3 Å². The summed E-state index contributed by atoms with van der Waals surface area (Å²) in [6, 6.07) is 9.12. The first-order valence-corrected chi connectivity index (χ1v) is 6.98. The molecule has 0 saturated heterocycles. The van der Waals surface area contributed by atoms with E-state index in [1.54, 1.807) is 28.1 Å². The summed E-state index contributed by atoms with van der Waals surface area (Å²) in [5.74, 6) is 0. The van der Waals surface area contributed by atoms with E-state index in [0.717, 1.165) is 15.3 Å². The van der Waals surface area contributed by atoms with Gasteiger partial charge in [-0.3, -0.25) is 0 Å². The third-order valence-corrected chi connectivity index (χ3v) is 4.96. The maximum absolute atomic E-state index is 12.2. The van der Waals surface area contributed by atoms with E-state index in [4.69, 9.17) is 11.6 Å². The molecule has 17 heavy (non-hydrogen) atoms. The van der Waals surface area contributed by atoms with Crippen molar-refractivity contribution in [2.45, 2.75) is 0 Å². The van der Waals surface area contributed by atoms with Crippen LogP contribution in [0.2, 0.25) is 5.02 Å². The van der Waals surface area contributed by atoms with Gasteiger partial charge in [-0.2, -0.15) is 0 Å². The number of hydrogen-bond donors (Lipinski definition) is 0. The second-order valence-electron chi connectivity index (χ2n) is 3.54. The third-order valence-electron chi connectivity index (χ3n) is 2.43. The first kappa shape index (κ1) is 10.8. The van der Waals surface area contributed by atoms with E-state index in [2.05, 4.69) is 4.98 Å². The molecule has 2 aromatic heterocycles. The fourth-order valence-electron chi connectivity index (χ4n) is 1.64. The average molecular weight is 310 g/mol. The maximum atomic E-state index is 12.2. The normalized spacial score (nSPS) is 10.9. The van der Waals surface area contributed by atoms with Crippen molar-refractivity contribution in [3.8, 4) is 5.69 Å². The summed E-state index contributed by atoms with van der Waals surface area (Å²) in [5, 5.41) is 1.42. The number of fused-ring (bicyclic) bond motifs is 1. The van der Waals surface area contributed by atoms with Gasteiger partial charge in [-0.1, -0.05) is 0 Å². The number of pyridine rings is 1. The molecule has 3 nitrogen and oxygen atoms in total. The Bertz CT molecular complexity index is 733. The molecule has 0 amide bonds. The van der Waals surface area contributed by atoms with Gasteiger partial charge in [-0.25, -0.2) is 0 Å². The minimum atomic E-state index is -0.0552. The molecule has 0 aliphatic rings. The van der Waals surface area contributed by atoms with Crippen molar-refractivity contribution in [2.75, 3.05) is 0 Å². The average Bonchev–Trinajstić information content (AvgIpc) is 2.67. The molecule has 0 unspecified atom stereocenters. The Hall–Kier alpha value is -1.35. The predicted octanol–water partition coefficient (Wildman–Crippen LogP) is 2.10. The molecule has 1 aromatic carbocycles. The molecule has 0 atom stereocenters. The number of benzene rings is 1. The van der Waals surface area contributed by atoms with Gasteiger partial charge in [0.2, 0.25) is 0 Å². The van der Waals surface area contributed by atoms with Crippen molar-refractivity contribution in [1.82, 2.24) is 8.55 Å². The molecule has 0 aliphatic heterocycles. The molecule has 0 fully saturated rings. The molecular weight excluding hydrogens is 303 g/mol. The summed E-state index contributed by atoms with van der Waals surface area (Å²) >= 11 is 5.88. The number of halogens is 1. The molecule has 0 spiro atoms. The Morgan fingerprint density at radius 3 is 2.94 bits per heavy atom. The molecule has 2 heterocycles. The van der Waals surface area contributed by atoms with Crippen molar-refractivity contribution < 1.29 is 0 Å². The van der Waals surface area contributed by atoms with E-state index < -0.39 is 0 Å². The summed E-state index contributed by atoms with van der Waals surface area (Å²) in [7, 11) is 0. The SMILES string of the molecule is O=c1c2ccc(Cl)cc2[se]n1-c1cccnc1. The van der Waals surface area contributed by atoms with Crippen LogP contribution < -0.4 is 5.56 Å². The van der Waals surface area contributed by atoms with Crippen LogP contribution in [0.3, 0.4) is 0 Å². The van der Waals surface area contributed by atoms with Crippen LogP contribution in [-0.4, -0.2) is 23.3 Å². The Morgan fingerprint density at radius 2 is 2.18 bits per heavy atom. The van der Waals surface area contributed by atoms with Crippen molar-refractivity contribution in [2.24, 2.45) is 0 Å². The molecule has 5 heteroatoms. The van der Waals surface area contributed by atoms with Gasteiger partial charge in [0.25, 0.3) is 0 Å². The van der Waals surface area contributed by atoms with E-state index in [0.29, 0.717) is 5.02 Å². The van der Waals surface area contributed by atoms with Crippen LogP contribution in [0.5, 0.6) is 0 Å². The molecule has 0 aliphatic carbocycles. The van der Waals surface area contributed by atoms with E-state index in [9.17, 15) is 4.79 Å². The Morgan fingerprint density at radius 1 is 1.29 bits per heavy atom. The van der Waals surface area contributed by atoms with Crippen LogP contribution in [0.4, 0.5) is 0 Å². The predicted molar refractivity (Wildman–Crippen MR) is 69.3 cm³/mol. The van der Waals surface area contributed by atoms with Crippen LogP contribution in [-0.2, 0) is 0 Å². The Kier molecular flexibility index (Phi) is 2.63. The van der Waals surface area contributed by atoms with Crippen molar-refractivity contribution >= 4 is 36.0 Å². The Balaban J connectivity index is 2.32. The van der Waals surface area contributed by atoms with E-state index in [1.165, 1.54) is 0 Å². The van der Waals surface area contributed by atoms with E-state index in [-0.39, 0.29) is 20.3 Å². The monoisotopic (exact) mass is 310 g/mol. The molecule has 0 saturated carbocycles. The molecular formula is C12H7ClN2OSe. The molecule has 3 rings (SSSR count). The number of aromatic nitrogens is 2. The van der Waals surface area contributed by atoms with Gasteiger partial charge in [0.1, 0.15) is 0 Å². The van der Waals surface area contributed by atoms with Crippen LogP contribution in [0.15, 0.2) is 47.5 Å². The fraction of sp³-hybridized carbons (Fsp3) is 0. The van der Waals surface area contributed by atoms with Crippen molar-refractivity contribution in [3.05, 3.63) is 58.1 Å². The number of hydrogen-bond acceptors (Lipinski definition) is 2. The summed E-state index contributed by atoms with van der Waals surface area (Å²) in [6.45, 7) is 0. The summed E-state index contributed by atoms with van der Waals surface area (Å²) in [6.07, 6.45) is 3.40. The number of rotatable bonds is 1. The summed E-state index contributed by atoms with van der Waals surface area (Å²) in [4.78, 5) is 16.2. The molecule has 0 bridgehead atoms. The van der Waals surface area contributed by atoms with Crippen molar-refractivity contribution in [1.29, 1.82) is 0 Å². The third kappa shape index (κ3) is 1.84. The molecule has 3 aromatic rings. The second-order valence-corrected chi connectivity index (χ2v) is 6.05. The van der Waals surface area contributed by atoms with Gasteiger partial charge in [0, 0.05) is 0 Å². The second kappa shape index (κ2) is 4.15. The zero-order chi connectivity index (χ0) is 11.8. The minimum absolute atomic E-state index is 0.0321. The van der Waals surface area contributed by atoms with Crippen LogP contribution >= 0.6 is 11.6 Å². The first-order valence-electron chi connectivity index (χ1n) is 4.98. The van der Waals surface area contributed by atoms with Gasteiger partial charge < -0.3 is 0 Å². The molecule has 0 N–H and O–H groups in total. The topological polar surface area (TPSA) is 34.9 Å². The molecule has 84 valence electrons. The summed E-state index contributed by atoms with van der Waals surface area (Å²) in [5.41, 5.74) is 0.870. The van der Waals surface area contributed by atoms with Crippen LogP contribution in [0, 0.1) is 0 Å². The zero-order valence-corrected chi connectivity index (χ0v) is 11.1. The first-order chi connectivity index (χ1) is 8.25. The van der Waals surface area contributed by atoms with Gasteiger partial charge in [0.15, 0.2) is 0 Å². The van der Waals surface area contributed by atoms with Gasteiger partial charge in [-0.15, -0.1) is 0 Å². The quantitative estimate of drug-likeness (QED) is 0.645. The summed E-state index contributed by atoms with van der Waals surface area (Å²) < 4.78 is 2.79. The standard InChI is InChI=1S/C12H7ClN2OSe/c13-8-3-4-10-11(6-8)17-15(12(10)16)9-2-1-5-14-7-9/h1-7H. The van der Waals surface area contributed by atoms with E-state index in [1.807, 2.05) is 18.2 Å². The fourth-order valence-corrected chi connectivity index (χ4v) is 4.11. The van der Waals surface area contributed by atoms with Crippen LogP contribution in [0.1, 0.15) is 0 Å².